The molecule has 3 heterocycles. The lowest BCUT2D eigenvalue weighted by atomic mass is 10.1. The van der Waals surface area contributed by atoms with E-state index in [1.807, 2.05) is 60.7 Å². The third-order valence-corrected chi connectivity index (χ3v) is 7.92. The van der Waals surface area contributed by atoms with Crippen LogP contribution in [-0.2, 0) is 13.0 Å². The molecule has 8 nitrogen and oxygen atoms in total. The maximum absolute atomic E-state index is 13.5. The average Bonchev–Trinajstić information content (AvgIpc) is 3.59. The van der Waals surface area contributed by atoms with Gasteiger partial charge in [-0.05, 0) is 48.1 Å². The van der Waals surface area contributed by atoms with E-state index in [4.69, 9.17) is 17.0 Å². The first-order valence-corrected chi connectivity index (χ1v) is 12.8. The smallest absolute Gasteiger partial charge is 0.336 e. The highest BCUT2D eigenvalue weighted by Crippen LogP contribution is 2.48. The summed E-state index contributed by atoms with van der Waals surface area (Å²) < 4.78 is 8.54. The number of hydrogen-bond donors (Lipinski definition) is 3. The molecule has 2 atom stereocenters. The molecule has 2 aliphatic heterocycles. The number of aliphatic hydroxyl groups excluding tert-OH is 1. The van der Waals surface area contributed by atoms with Gasteiger partial charge in [-0.2, -0.15) is 0 Å². The summed E-state index contributed by atoms with van der Waals surface area (Å²) in [6.07, 6.45) is 1.48. The molecule has 0 radical (unpaired) electrons. The summed E-state index contributed by atoms with van der Waals surface area (Å²) in [4.78, 5) is 15.6. The fourth-order valence-electron chi connectivity index (χ4n) is 5.78. The van der Waals surface area contributed by atoms with Gasteiger partial charge in [0.15, 0.2) is 5.11 Å². The molecular formula is C28H28N4O4S. The zero-order valence-corrected chi connectivity index (χ0v) is 21.2. The number of nitrogens with zero attached hydrogens (tertiary/aromatic N) is 3. The summed E-state index contributed by atoms with van der Waals surface area (Å²) in [6, 6.07) is 19.2. The monoisotopic (exact) mass is 516 g/mol. The molecule has 1 fully saturated rings. The van der Waals surface area contributed by atoms with Gasteiger partial charge in [0.05, 0.1) is 31.5 Å². The van der Waals surface area contributed by atoms with Gasteiger partial charge in [-0.1, -0.05) is 48.5 Å². The molecule has 3 aromatic carbocycles. The molecule has 2 bridgehead atoms. The second kappa shape index (κ2) is 9.24. The lowest BCUT2D eigenvalue weighted by Crippen LogP contribution is -2.43. The van der Waals surface area contributed by atoms with Gasteiger partial charge in [0.25, 0.3) is 0 Å². The van der Waals surface area contributed by atoms with Crippen molar-refractivity contribution in [2.75, 3.05) is 20.2 Å². The summed E-state index contributed by atoms with van der Waals surface area (Å²) in [5.74, 6) is 0.654. The number of hydrogen-bond acceptors (Lipinski definition) is 5. The molecule has 9 heteroatoms. The lowest BCUT2D eigenvalue weighted by Gasteiger charge is -2.30. The molecule has 1 aromatic heterocycles. The fraction of sp³-hybridized carbons (Fsp3) is 0.286. The Morgan fingerprint density at radius 3 is 2.78 bits per heavy atom. The van der Waals surface area contributed by atoms with Gasteiger partial charge < -0.3 is 25.2 Å². The van der Waals surface area contributed by atoms with E-state index in [9.17, 15) is 15.0 Å². The molecule has 2 aliphatic rings. The molecule has 0 spiro atoms. The van der Waals surface area contributed by atoms with E-state index < -0.39 is 0 Å². The van der Waals surface area contributed by atoms with Gasteiger partial charge >= 0.3 is 5.69 Å². The van der Waals surface area contributed by atoms with Crippen molar-refractivity contribution in [2.24, 2.45) is 0 Å². The Balaban J connectivity index is 1.22. The standard InChI is InChI=1S/C28H28N4O4S/c1-36-24-13-17(9-10-19(24)16-33)11-12-29-27(37)30-15-20-14-23(30)25-26(34)32(28(35)31(20)25)22-8-4-6-18-5-2-3-7-21(18)22/h2-10,13,20,23,33-34H,11-12,14-16H2,1H3,(H,29,37)/t20-,23?/m1/s1. The number of aliphatic hydroxyl groups is 1. The number of likely N-dealkylation sites (tertiary alicyclic amines) is 1. The second-order valence-corrected chi connectivity index (χ2v) is 9.93. The molecule has 6 rings (SSSR count). The Hall–Kier alpha value is -3.82. The van der Waals surface area contributed by atoms with Crippen LogP contribution in [0.5, 0.6) is 11.6 Å². The SMILES string of the molecule is COc1cc(CCNC(=S)N2C[C@H]3CC2c2c(O)n(-c4cccc5ccccc45)c(=O)n23)ccc1CO. The summed E-state index contributed by atoms with van der Waals surface area (Å²) in [5.41, 5.74) is 2.92. The van der Waals surface area contributed by atoms with Gasteiger partial charge in [-0.3, -0.25) is 4.57 Å². The Bertz CT molecular complexity index is 1570. The number of aromatic nitrogens is 2. The topological polar surface area (TPSA) is 91.9 Å². The van der Waals surface area contributed by atoms with Crippen molar-refractivity contribution in [2.45, 2.75) is 31.5 Å². The molecule has 0 aliphatic carbocycles. The number of nitrogens with one attached hydrogen (secondary N) is 1. The Kier molecular flexibility index (Phi) is 5.89. The zero-order chi connectivity index (χ0) is 25.7. The third-order valence-electron chi connectivity index (χ3n) is 7.54. The largest absolute Gasteiger partial charge is 0.496 e. The normalized spacial score (nSPS) is 17.8. The first-order valence-electron chi connectivity index (χ1n) is 12.4. The zero-order valence-electron chi connectivity index (χ0n) is 20.4. The third kappa shape index (κ3) is 3.77. The van der Waals surface area contributed by atoms with Crippen LogP contribution in [0.25, 0.3) is 16.5 Å². The number of ether oxygens (including phenoxy) is 1. The average molecular weight is 517 g/mol. The van der Waals surface area contributed by atoms with Crippen LogP contribution in [-0.4, -0.2) is 49.6 Å². The van der Waals surface area contributed by atoms with Crippen LogP contribution < -0.4 is 15.7 Å². The first-order chi connectivity index (χ1) is 18.0. The van der Waals surface area contributed by atoms with E-state index in [0.29, 0.717) is 35.3 Å². The number of benzene rings is 3. The van der Waals surface area contributed by atoms with Gasteiger partial charge in [0.1, 0.15) is 11.4 Å². The highest BCUT2D eigenvalue weighted by atomic mass is 32.1. The van der Waals surface area contributed by atoms with Crippen LogP contribution in [0.3, 0.4) is 0 Å². The number of imidazole rings is 1. The van der Waals surface area contributed by atoms with Crippen LogP contribution >= 0.6 is 12.2 Å². The summed E-state index contributed by atoms with van der Waals surface area (Å²) >= 11 is 5.73. The van der Waals surface area contributed by atoms with E-state index in [0.717, 1.165) is 34.7 Å². The van der Waals surface area contributed by atoms with Crippen LogP contribution in [0.2, 0.25) is 0 Å². The maximum Gasteiger partial charge on any atom is 0.336 e. The fourth-order valence-corrected chi connectivity index (χ4v) is 6.09. The van der Waals surface area contributed by atoms with E-state index in [1.165, 1.54) is 4.57 Å². The summed E-state index contributed by atoms with van der Waals surface area (Å²) in [6.45, 7) is 1.19. The van der Waals surface area contributed by atoms with Crippen molar-refractivity contribution in [3.05, 3.63) is 88.0 Å². The van der Waals surface area contributed by atoms with Crippen molar-refractivity contribution in [1.82, 2.24) is 19.4 Å². The summed E-state index contributed by atoms with van der Waals surface area (Å²) in [5, 5.41) is 26.6. The quantitative estimate of drug-likeness (QED) is 0.338. The molecule has 4 aromatic rings. The Morgan fingerprint density at radius 2 is 1.97 bits per heavy atom. The second-order valence-electron chi connectivity index (χ2n) is 9.54. The van der Waals surface area contributed by atoms with Crippen molar-refractivity contribution in [3.8, 4) is 17.3 Å². The molecule has 0 amide bonds. The van der Waals surface area contributed by atoms with Gasteiger partial charge in [0, 0.05) is 24.0 Å². The van der Waals surface area contributed by atoms with Crippen LogP contribution in [0, 0.1) is 0 Å². The Labute approximate surface area is 219 Å². The van der Waals surface area contributed by atoms with E-state index in [1.54, 1.807) is 11.7 Å². The van der Waals surface area contributed by atoms with E-state index in [-0.39, 0.29) is 30.3 Å². The van der Waals surface area contributed by atoms with Crippen LogP contribution in [0.15, 0.2) is 65.5 Å². The van der Waals surface area contributed by atoms with E-state index >= 15 is 0 Å². The van der Waals surface area contributed by atoms with Crippen molar-refractivity contribution in [3.63, 3.8) is 0 Å². The van der Waals surface area contributed by atoms with Crippen LogP contribution in [0.1, 0.15) is 35.3 Å². The number of fused-ring (bicyclic) bond motifs is 6. The number of aromatic hydroxyl groups is 1. The maximum atomic E-state index is 13.5. The predicted molar refractivity (Wildman–Crippen MR) is 146 cm³/mol. The van der Waals surface area contributed by atoms with Crippen molar-refractivity contribution in [1.29, 1.82) is 0 Å². The molecule has 0 saturated carbocycles. The molecular weight excluding hydrogens is 488 g/mol. The summed E-state index contributed by atoms with van der Waals surface area (Å²) in [7, 11) is 1.59. The minimum Gasteiger partial charge on any atom is -0.496 e. The molecule has 3 N–H and O–H groups in total. The van der Waals surface area contributed by atoms with Gasteiger partial charge in [-0.25, -0.2) is 9.36 Å². The molecule has 190 valence electrons. The highest BCUT2D eigenvalue weighted by Gasteiger charge is 2.48. The molecule has 1 saturated heterocycles. The minimum absolute atomic E-state index is 0.0163. The molecule has 1 unspecified atom stereocenters. The predicted octanol–water partition coefficient (Wildman–Crippen LogP) is 3.42. The number of thiocarbonyl (C=S) groups is 1. The first kappa shape index (κ1) is 23.6. The minimum atomic E-state index is -0.213. The van der Waals surface area contributed by atoms with Crippen molar-refractivity contribution < 1.29 is 14.9 Å². The van der Waals surface area contributed by atoms with Crippen LogP contribution in [0.4, 0.5) is 0 Å². The van der Waals surface area contributed by atoms with E-state index in [2.05, 4.69) is 10.2 Å². The number of rotatable bonds is 6. The highest BCUT2D eigenvalue weighted by molar-refractivity contribution is 7.80. The van der Waals surface area contributed by atoms with Gasteiger partial charge in [0.2, 0.25) is 5.88 Å². The Morgan fingerprint density at radius 1 is 1.16 bits per heavy atom. The van der Waals surface area contributed by atoms with Crippen molar-refractivity contribution >= 4 is 28.1 Å². The molecule has 37 heavy (non-hydrogen) atoms. The van der Waals surface area contributed by atoms with Gasteiger partial charge in [-0.15, -0.1) is 0 Å². The lowest BCUT2D eigenvalue weighted by molar-refractivity contribution is 0.273. The number of methoxy groups -OCH3 is 1.